The van der Waals surface area contributed by atoms with Gasteiger partial charge < -0.3 is 23.1 Å². The highest BCUT2D eigenvalue weighted by atomic mass is 32.1. The molecule has 1 aromatic heterocycles. The normalized spacial score (nSPS) is 9.62. The third-order valence-corrected chi connectivity index (χ3v) is 1.49. The summed E-state index contributed by atoms with van der Waals surface area (Å²) in [4.78, 5) is 18.5. The van der Waals surface area contributed by atoms with E-state index in [1.165, 1.54) is 6.20 Å². The SMILES string of the molecule is CCOC(=O)c1cnc([S-])nc1N. The van der Waals surface area contributed by atoms with Crippen LogP contribution >= 0.6 is 0 Å². The van der Waals surface area contributed by atoms with Gasteiger partial charge in [-0.05, 0) is 6.92 Å². The van der Waals surface area contributed by atoms with Gasteiger partial charge in [0.1, 0.15) is 11.4 Å². The van der Waals surface area contributed by atoms with Crippen molar-refractivity contribution in [1.29, 1.82) is 0 Å². The highest BCUT2D eigenvalue weighted by Crippen LogP contribution is 2.08. The number of nitrogens with two attached hydrogens (primary N) is 1. The van der Waals surface area contributed by atoms with Gasteiger partial charge in [-0.1, -0.05) is 0 Å². The van der Waals surface area contributed by atoms with E-state index in [2.05, 4.69) is 22.6 Å². The first-order chi connectivity index (χ1) is 6.15. The first-order valence-electron chi connectivity index (χ1n) is 3.61. The zero-order chi connectivity index (χ0) is 9.84. The van der Waals surface area contributed by atoms with Crippen molar-refractivity contribution < 1.29 is 9.53 Å². The van der Waals surface area contributed by atoms with Crippen molar-refractivity contribution in [2.45, 2.75) is 12.1 Å². The van der Waals surface area contributed by atoms with Gasteiger partial charge in [0.2, 0.25) is 0 Å². The summed E-state index contributed by atoms with van der Waals surface area (Å²) in [7, 11) is 0. The number of carbonyl (C=O) groups excluding carboxylic acids is 1. The molecule has 0 amide bonds. The topological polar surface area (TPSA) is 78.1 Å². The second-order valence-electron chi connectivity index (χ2n) is 2.17. The minimum absolute atomic E-state index is 0.0541. The van der Waals surface area contributed by atoms with Gasteiger partial charge in [-0.3, -0.25) is 4.98 Å². The molecule has 1 aromatic rings. The quantitative estimate of drug-likeness (QED) is 0.414. The van der Waals surface area contributed by atoms with Gasteiger partial charge in [-0.25, -0.2) is 9.78 Å². The monoisotopic (exact) mass is 198 g/mol. The minimum Gasteiger partial charge on any atom is -0.740 e. The summed E-state index contributed by atoms with van der Waals surface area (Å²) in [6.45, 7) is 1.99. The van der Waals surface area contributed by atoms with Crippen molar-refractivity contribution in [2.75, 3.05) is 12.3 Å². The molecule has 0 aliphatic carbocycles. The number of esters is 1. The summed E-state index contributed by atoms with van der Waals surface area (Å²) < 4.78 is 4.72. The summed E-state index contributed by atoms with van der Waals surface area (Å²) in [5.41, 5.74) is 5.58. The lowest BCUT2D eigenvalue weighted by Gasteiger charge is -2.07. The molecule has 6 heteroatoms. The molecular weight excluding hydrogens is 190 g/mol. The lowest BCUT2D eigenvalue weighted by atomic mass is 10.3. The molecule has 0 atom stereocenters. The Hall–Kier alpha value is -1.43. The number of hydrogen-bond acceptors (Lipinski definition) is 6. The summed E-state index contributed by atoms with van der Waals surface area (Å²) in [5, 5.41) is 0.116. The van der Waals surface area contributed by atoms with E-state index in [-0.39, 0.29) is 23.1 Å². The molecule has 0 aliphatic rings. The molecule has 1 rings (SSSR count). The number of nitrogen functional groups attached to an aromatic ring is 1. The molecule has 0 aromatic carbocycles. The van der Waals surface area contributed by atoms with Crippen molar-refractivity contribution >= 4 is 24.4 Å². The van der Waals surface area contributed by atoms with Crippen molar-refractivity contribution in [2.24, 2.45) is 0 Å². The van der Waals surface area contributed by atoms with E-state index in [1.54, 1.807) is 6.92 Å². The van der Waals surface area contributed by atoms with Crippen LogP contribution in [0, 0.1) is 0 Å². The van der Waals surface area contributed by atoms with Crippen molar-refractivity contribution in [3.8, 4) is 0 Å². The molecule has 2 N–H and O–H groups in total. The molecule has 5 nitrogen and oxygen atoms in total. The minimum atomic E-state index is -0.532. The van der Waals surface area contributed by atoms with Gasteiger partial charge in [-0.2, -0.15) is 0 Å². The van der Waals surface area contributed by atoms with Gasteiger partial charge in [0.15, 0.2) is 0 Å². The fraction of sp³-hybridized carbons (Fsp3) is 0.286. The van der Waals surface area contributed by atoms with Crippen LogP contribution in [0.15, 0.2) is 11.4 Å². The van der Waals surface area contributed by atoms with Crippen LogP contribution in [0.25, 0.3) is 0 Å². The van der Waals surface area contributed by atoms with Crippen LogP contribution in [0.3, 0.4) is 0 Å². The molecule has 70 valence electrons. The Bertz CT molecular complexity index is 330. The van der Waals surface area contributed by atoms with E-state index in [0.29, 0.717) is 0 Å². The summed E-state index contributed by atoms with van der Waals surface area (Å²) in [5.74, 6) is -0.478. The second-order valence-corrected chi connectivity index (χ2v) is 2.54. The number of aromatic nitrogens is 2. The number of carbonyl (C=O) groups is 1. The molecular formula is C7H8N3O2S-. The van der Waals surface area contributed by atoms with Crippen molar-refractivity contribution in [1.82, 2.24) is 9.97 Å². The number of anilines is 1. The molecule has 0 spiro atoms. The average molecular weight is 198 g/mol. The number of nitrogens with zero attached hydrogens (tertiary/aromatic N) is 2. The zero-order valence-corrected chi connectivity index (χ0v) is 7.80. The smallest absolute Gasteiger partial charge is 0.343 e. The molecule has 0 bridgehead atoms. The van der Waals surface area contributed by atoms with Gasteiger partial charge in [0.25, 0.3) is 0 Å². The van der Waals surface area contributed by atoms with E-state index < -0.39 is 5.97 Å². The fourth-order valence-electron chi connectivity index (χ4n) is 0.744. The number of rotatable bonds is 2. The van der Waals surface area contributed by atoms with Gasteiger partial charge >= 0.3 is 5.97 Å². The van der Waals surface area contributed by atoms with E-state index in [0.717, 1.165) is 0 Å². The first-order valence-corrected chi connectivity index (χ1v) is 4.02. The average Bonchev–Trinajstić information content (AvgIpc) is 2.04. The lowest BCUT2D eigenvalue weighted by Crippen LogP contribution is -2.10. The Kier molecular flexibility index (Phi) is 2.97. The molecule has 1 heterocycles. The van der Waals surface area contributed by atoms with E-state index >= 15 is 0 Å². The molecule has 0 radical (unpaired) electrons. The zero-order valence-electron chi connectivity index (χ0n) is 6.98. The first kappa shape index (κ1) is 9.66. The van der Waals surface area contributed by atoms with Crippen LogP contribution in [-0.2, 0) is 17.4 Å². The Morgan fingerprint density at radius 2 is 2.46 bits per heavy atom. The van der Waals surface area contributed by atoms with Gasteiger partial charge in [0, 0.05) is 11.4 Å². The summed E-state index contributed by atoms with van der Waals surface area (Å²) in [6, 6.07) is 0. The molecule has 0 fully saturated rings. The third kappa shape index (κ3) is 2.25. The summed E-state index contributed by atoms with van der Waals surface area (Å²) in [6.07, 6.45) is 1.27. The second kappa shape index (κ2) is 3.99. The molecule has 0 aliphatic heterocycles. The maximum absolute atomic E-state index is 11.2. The van der Waals surface area contributed by atoms with Crippen LogP contribution in [-0.4, -0.2) is 22.5 Å². The largest absolute Gasteiger partial charge is 0.740 e. The number of hydrogen-bond donors (Lipinski definition) is 1. The Labute approximate surface area is 80.7 Å². The number of ether oxygens (including phenoxy) is 1. The van der Waals surface area contributed by atoms with Crippen LogP contribution < -0.4 is 5.73 Å². The van der Waals surface area contributed by atoms with Crippen LogP contribution in [0.5, 0.6) is 0 Å². The maximum atomic E-state index is 11.2. The third-order valence-electron chi connectivity index (χ3n) is 1.29. The van der Waals surface area contributed by atoms with E-state index in [9.17, 15) is 4.79 Å². The molecule has 0 saturated heterocycles. The lowest BCUT2D eigenvalue weighted by molar-refractivity contribution is 0.0526. The maximum Gasteiger partial charge on any atom is 0.343 e. The van der Waals surface area contributed by atoms with Crippen LogP contribution in [0.2, 0.25) is 0 Å². The van der Waals surface area contributed by atoms with Crippen LogP contribution in [0.1, 0.15) is 17.3 Å². The predicted octanol–water partition coefficient (Wildman–Crippen LogP) is 0.141. The Morgan fingerprint density at radius 3 is 3.00 bits per heavy atom. The Morgan fingerprint density at radius 1 is 1.77 bits per heavy atom. The molecule has 0 saturated carbocycles. The van der Waals surface area contributed by atoms with Gasteiger partial charge in [0.05, 0.1) is 6.61 Å². The van der Waals surface area contributed by atoms with Crippen molar-refractivity contribution in [3.63, 3.8) is 0 Å². The predicted molar refractivity (Wildman–Crippen MR) is 48.0 cm³/mol. The van der Waals surface area contributed by atoms with E-state index in [1.807, 2.05) is 0 Å². The molecule has 13 heavy (non-hydrogen) atoms. The molecule has 0 unspecified atom stereocenters. The highest BCUT2D eigenvalue weighted by molar-refractivity contribution is 7.58. The Balaban J connectivity index is 2.95. The van der Waals surface area contributed by atoms with Gasteiger partial charge in [-0.15, -0.1) is 0 Å². The van der Waals surface area contributed by atoms with Crippen molar-refractivity contribution in [3.05, 3.63) is 11.8 Å². The van der Waals surface area contributed by atoms with E-state index in [4.69, 9.17) is 10.5 Å². The standard InChI is InChI=1S/C7H9N3O2S/c1-2-12-6(11)4-3-9-7(13)10-5(4)8/h3H,2H2,1H3,(H3,8,9,10,13)/p-1. The fourth-order valence-corrected chi connectivity index (χ4v) is 0.895. The summed E-state index contributed by atoms with van der Waals surface area (Å²) >= 11 is 4.66. The van der Waals surface area contributed by atoms with Crippen LogP contribution in [0.4, 0.5) is 5.82 Å². The highest BCUT2D eigenvalue weighted by Gasteiger charge is 2.10.